The number of allylic oxidation sites excluding steroid dienone is 3. The van der Waals surface area contributed by atoms with Crippen molar-refractivity contribution in [2.24, 2.45) is 11.8 Å². The number of aliphatic hydroxyl groups is 2. The second kappa shape index (κ2) is 10.5. The molecular formula is C20H32O4. The smallest absolute Gasteiger partial charge is 0.161 e. The number of hydrogen-bond acceptors (Lipinski definition) is 4. The zero-order valence-corrected chi connectivity index (χ0v) is 15.4. The van der Waals surface area contributed by atoms with E-state index in [1.54, 1.807) is 24.3 Å². The van der Waals surface area contributed by atoms with Gasteiger partial charge in [-0.05, 0) is 29.6 Å². The molecule has 0 spiro atoms. The first-order chi connectivity index (χ1) is 11.3. The van der Waals surface area contributed by atoms with E-state index in [1.807, 2.05) is 0 Å². The van der Waals surface area contributed by atoms with Crippen LogP contribution in [-0.2, 0) is 9.53 Å². The summed E-state index contributed by atoms with van der Waals surface area (Å²) in [4.78, 5) is 12.2. The van der Waals surface area contributed by atoms with Gasteiger partial charge in [-0.1, -0.05) is 52.2 Å². The molecule has 1 aliphatic carbocycles. The Balaban J connectivity index is 2.46. The van der Waals surface area contributed by atoms with Gasteiger partial charge in [0, 0.05) is 20.0 Å². The fourth-order valence-corrected chi connectivity index (χ4v) is 2.78. The molecule has 0 saturated heterocycles. The maximum Gasteiger partial charge on any atom is 0.161 e. The van der Waals surface area contributed by atoms with Gasteiger partial charge in [0.15, 0.2) is 5.78 Å². The van der Waals surface area contributed by atoms with Crippen molar-refractivity contribution >= 4 is 5.78 Å². The van der Waals surface area contributed by atoms with Crippen LogP contribution in [0.1, 0.15) is 52.9 Å². The fourth-order valence-electron chi connectivity index (χ4n) is 2.78. The molecule has 1 rings (SSSR count). The van der Waals surface area contributed by atoms with E-state index >= 15 is 0 Å². The summed E-state index contributed by atoms with van der Waals surface area (Å²) in [7, 11) is 1.52. The molecule has 3 atom stereocenters. The summed E-state index contributed by atoms with van der Waals surface area (Å²) in [6.07, 6.45) is 9.29. The number of Topliss-reactive ketones (excluding diaryl/α,β-unsaturated/α-hetero) is 1. The molecule has 0 aromatic rings. The van der Waals surface area contributed by atoms with Gasteiger partial charge < -0.3 is 14.9 Å². The van der Waals surface area contributed by atoms with Gasteiger partial charge in [0.1, 0.15) is 18.0 Å². The zero-order chi connectivity index (χ0) is 18.1. The van der Waals surface area contributed by atoms with Crippen molar-refractivity contribution < 1.29 is 19.7 Å². The van der Waals surface area contributed by atoms with E-state index in [0.29, 0.717) is 18.3 Å². The molecule has 24 heavy (non-hydrogen) atoms. The minimum absolute atomic E-state index is 0.109. The highest BCUT2D eigenvalue weighted by Crippen LogP contribution is 2.20. The Bertz CT molecular complexity index is 488. The van der Waals surface area contributed by atoms with Gasteiger partial charge in [0.2, 0.25) is 0 Å². The number of ether oxygens (including phenoxy) is 1. The molecule has 2 unspecified atom stereocenters. The number of carbonyl (C=O) groups excluding carboxylic acids is 1. The average molecular weight is 336 g/mol. The number of methoxy groups -OCH3 is 1. The first-order valence-electron chi connectivity index (χ1n) is 8.85. The highest BCUT2D eigenvalue weighted by Gasteiger charge is 2.19. The number of aliphatic hydroxyl groups excluding tert-OH is 2. The van der Waals surface area contributed by atoms with Crippen LogP contribution in [-0.4, -0.2) is 35.3 Å². The topological polar surface area (TPSA) is 66.8 Å². The van der Waals surface area contributed by atoms with Crippen molar-refractivity contribution in [3.05, 3.63) is 35.6 Å². The summed E-state index contributed by atoms with van der Waals surface area (Å²) < 4.78 is 5.12. The fraction of sp³-hybridized carbons (Fsp3) is 0.650. The lowest BCUT2D eigenvalue weighted by atomic mass is 9.92. The molecule has 2 N–H and O–H groups in total. The Morgan fingerprint density at radius 1 is 1.25 bits per heavy atom. The van der Waals surface area contributed by atoms with Crippen molar-refractivity contribution in [1.82, 2.24) is 0 Å². The SMILES string of the molecule is COC1C=CC(CC(O)C(=O)C[C@H](C)CCCC(C)C)=CC=C1O. The van der Waals surface area contributed by atoms with Crippen molar-refractivity contribution in [3.8, 4) is 0 Å². The molecule has 0 aliphatic heterocycles. The molecule has 0 amide bonds. The van der Waals surface area contributed by atoms with Crippen LogP contribution in [0.3, 0.4) is 0 Å². The predicted molar refractivity (Wildman–Crippen MR) is 96.8 cm³/mol. The molecule has 0 bridgehead atoms. The van der Waals surface area contributed by atoms with Crippen molar-refractivity contribution in [1.29, 1.82) is 0 Å². The van der Waals surface area contributed by atoms with Gasteiger partial charge in [-0.2, -0.15) is 0 Å². The van der Waals surface area contributed by atoms with E-state index in [0.717, 1.165) is 18.4 Å². The molecule has 1 aliphatic rings. The summed E-state index contributed by atoms with van der Waals surface area (Å²) in [6.45, 7) is 6.47. The monoisotopic (exact) mass is 336 g/mol. The highest BCUT2D eigenvalue weighted by atomic mass is 16.5. The standard InChI is InChI=1S/C20H32O4/c1-14(2)6-5-7-15(3)12-18(22)19(23)13-16-8-10-17(21)20(24-4)11-9-16/h8-11,14-15,19-21,23H,5-7,12-13H2,1-4H3/t15-,19?,20?/m1/s1. The van der Waals surface area contributed by atoms with Crippen LogP contribution in [0, 0.1) is 11.8 Å². The third-order valence-corrected chi connectivity index (χ3v) is 4.33. The lowest BCUT2D eigenvalue weighted by Gasteiger charge is -2.15. The summed E-state index contributed by atoms with van der Waals surface area (Å²) in [6, 6.07) is 0. The van der Waals surface area contributed by atoms with Gasteiger partial charge in [0.25, 0.3) is 0 Å². The summed E-state index contributed by atoms with van der Waals surface area (Å²) >= 11 is 0. The Morgan fingerprint density at radius 3 is 2.58 bits per heavy atom. The molecule has 0 heterocycles. The van der Waals surface area contributed by atoms with Crippen LogP contribution in [0.25, 0.3) is 0 Å². The third-order valence-electron chi connectivity index (χ3n) is 4.33. The lowest BCUT2D eigenvalue weighted by Crippen LogP contribution is -2.22. The first-order valence-corrected chi connectivity index (χ1v) is 8.85. The Hall–Kier alpha value is -1.39. The second-order valence-corrected chi connectivity index (χ2v) is 7.17. The van der Waals surface area contributed by atoms with E-state index in [9.17, 15) is 15.0 Å². The van der Waals surface area contributed by atoms with Gasteiger partial charge in [-0.3, -0.25) is 4.79 Å². The van der Waals surface area contributed by atoms with Crippen LogP contribution < -0.4 is 0 Å². The van der Waals surface area contributed by atoms with E-state index in [-0.39, 0.29) is 18.0 Å². The average Bonchev–Trinajstić information content (AvgIpc) is 2.68. The number of carbonyl (C=O) groups is 1. The second-order valence-electron chi connectivity index (χ2n) is 7.17. The Morgan fingerprint density at radius 2 is 1.96 bits per heavy atom. The summed E-state index contributed by atoms with van der Waals surface area (Å²) in [5.41, 5.74) is 0.800. The molecule has 0 aromatic heterocycles. The minimum Gasteiger partial charge on any atom is -0.509 e. The van der Waals surface area contributed by atoms with E-state index in [2.05, 4.69) is 20.8 Å². The van der Waals surface area contributed by atoms with E-state index in [4.69, 9.17) is 4.74 Å². The van der Waals surface area contributed by atoms with Gasteiger partial charge in [-0.25, -0.2) is 0 Å². The molecular weight excluding hydrogens is 304 g/mol. The third kappa shape index (κ3) is 7.45. The van der Waals surface area contributed by atoms with E-state index < -0.39 is 12.2 Å². The van der Waals surface area contributed by atoms with Gasteiger partial charge >= 0.3 is 0 Å². The largest absolute Gasteiger partial charge is 0.509 e. The first kappa shape index (κ1) is 20.7. The zero-order valence-electron chi connectivity index (χ0n) is 15.4. The molecule has 136 valence electrons. The molecule has 0 saturated carbocycles. The molecule has 4 heteroatoms. The number of rotatable bonds is 10. The quantitative estimate of drug-likeness (QED) is 0.630. The van der Waals surface area contributed by atoms with Crippen LogP contribution in [0.5, 0.6) is 0 Å². The summed E-state index contributed by atoms with van der Waals surface area (Å²) in [5.74, 6) is 0.990. The van der Waals surface area contributed by atoms with Crippen LogP contribution in [0.2, 0.25) is 0 Å². The molecule has 4 nitrogen and oxygen atoms in total. The minimum atomic E-state index is -0.997. The van der Waals surface area contributed by atoms with Crippen molar-refractivity contribution in [3.63, 3.8) is 0 Å². The van der Waals surface area contributed by atoms with Gasteiger partial charge in [0.05, 0.1) is 0 Å². The van der Waals surface area contributed by atoms with Crippen molar-refractivity contribution in [2.75, 3.05) is 7.11 Å². The highest BCUT2D eigenvalue weighted by molar-refractivity contribution is 5.83. The van der Waals surface area contributed by atoms with Gasteiger partial charge in [-0.15, -0.1) is 0 Å². The molecule has 0 fully saturated rings. The Labute approximate surface area is 145 Å². The molecule has 0 radical (unpaired) electrons. The van der Waals surface area contributed by atoms with Crippen LogP contribution in [0.15, 0.2) is 35.6 Å². The maximum absolute atomic E-state index is 12.2. The van der Waals surface area contributed by atoms with Crippen LogP contribution >= 0.6 is 0 Å². The number of hydrogen-bond donors (Lipinski definition) is 2. The predicted octanol–water partition coefficient (Wildman–Crippen LogP) is 4.11. The van der Waals surface area contributed by atoms with Crippen LogP contribution in [0.4, 0.5) is 0 Å². The lowest BCUT2D eigenvalue weighted by molar-refractivity contribution is -0.127. The maximum atomic E-state index is 12.2. The Kier molecular flexibility index (Phi) is 9.01. The summed E-state index contributed by atoms with van der Waals surface area (Å²) in [5, 5.41) is 19.9. The number of ketones is 1. The van der Waals surface area contributed by atoms with Crippen molar-refractivity contribution in [2.45, 2.75) is 65.1 Å². The normalized spacial score (nSPS) is 20.3. The molecule has 0 aromatic carbocycles. The van der Waals surface area contributed by atoms with E-state index in [1.165, 1.54) is 13.5 Å².